The van der Waals surface area contributed by atoms with E-state index in [4.69, 9.17) is 9.26 Å². The lowest BCUT2D eigenvalue weighted by atomic mass is 10.0. The highest BCUT2D eigenvalue weighted by atomic mass is 16.5. The molecule has 2 aliphatic rings. The number of rotatable bonds is 5. The van der Waals surface area contributed by atoms with Crippen LogP contribution in [-0.4, -0.2) is 35.9 Å². The molecule has 0 amide bonds. The van der Waals surface area contributed by atoms with Gasteiger partial charge in [0, 0.05) is 12.5 Å². The van der Waals surface area contributed by atoms with Crippen LogP contribution in [0, 0.1) is 5.92 Å². The predicted molar refractivity (Wildman–Crippen MR) is 61.8 cm³/mol. The maximum Gasteiger partial charge on any atom is 0.233 e. The molecule has 1 N–H and O–H groups in total. The number of nitrogens with one attached hydrogen (secondary N) is 1. The third-order valence-corrected chi connectivity index (χ3v) is 3.52. The van der Waals surface area contributed by atoms with Crippen molar-refractivity contribution in [2.24, 2.45) is 5.92 Å². The highest BCUT2D eigenvalue weighted by Gasteiger charge is 2.34. The predicted octanol–water partition coefficient (Wildman–Crippen LogP) is 1.11. The van der Waals surface area contributed by atoms with Crippen molar-refractivity contribution < 1.29 is 9.26 Å². The Morgan fingerprint density at radius 3 is 3.00 bits per heavy atom. The minimum absolute atomic E-state index is 0.218. The third-order valence-electron chi connectivity index (χ3n) is 3.52. The fourth-order valence-corrected chi connectivity index (χ4v) is 2.34. The van der Waals surface area contributed by atoms with Crippen molar-refractivity contribution in [2.75, 3.05) is 19.8 Å². The standard InChI is InChI=1S/C12H19N3O2/c1-2-13-10-7-16-6-9(10)12-14-11(15-17-12)5-8-3-4-8/h8-10,13H,2-7H2,1H3. The molecule has 5 nitrogen and oxygen atoms in total. The van der Waals surface area contributed by atoms with E-state index in [-0.39, 0.29) is 5.92 Å². The van der Waals surface area contributed by atoms with Crippen LogP contribution in [0.2, 0.25) is 0 Å². The summed E-state index contributed by atoms with van der Waals surface area (Å²) >= 11 is 0. The van der Waals surface area contributed by atoms with E-state index < -0.39 is 0 Å². The monoisotopic (exact) mass is 237 g/mol. The topological polar surface area (TPSA) is 60.2 Å². The number of aromatic nitrogens is 2. The molecule has 2 unspecified atom stereocenters. The van der Waals surface area contributed by atoms with Gasteiger partial charge in [0.2, 0.25) is 5.89 Å². The van der Waals surface area contributed by atoms with E-state index in [1.54, 1.807) is 0 Å². The van der Waals surface area contributed by atoms with Gasteiger partial charge in [0.1, 0.15) is 0 Å². The van der Waals surface area contributed by atoms with Gasteiger partial charge >= 0.3 is 0 Å². The van der Waals surface area contributed by atoms with Crippen molar-refractivity contribution in [3.05, 3.63) is 11.7 Å². The fraction of sp³-hybridized carbons (Fsp3) is 0.833. The second-order valence-corrected chi connectivity index (χ2v) is 5.00. The highest BCUT2D eigenvalue weighted by Crippen LogP contribution is 2.32. The Morgan fingerprint density at radius 1 is 1.35 bits per heavy atom. The zero-order valence-electron chi connectivity index (χ0n) is 10.2. The Balaban J connectivity index is 1.67. The smallest absolute Gasteiger partial charge is 0.233 e. The lowest BCUT2D eigenvalue weighted by molar-refractivity contribution is 0.185. The summed E-state index contributed by atoms with van der Waals surface area (Å²) in [6, 6.07) is 0.314. The molecule has 5 heteroatoms. The van der Waals surface area contributed by atoms with Gasteiger partial charge < -0.3 is 14.6 Å². The van der Waals surface area contributed by atoms with Crippen molar-refractivity contribution in [1.29, 1.82) is 0 Å². The van der Waals surface area contributed by atoms with Crippen LogP contribution in [0.25, 0.3) is 0 Å². The van der Waals surface area contributed by atoms with E-state index in [0.29, 0.717) is 12.6 Å². The van der Waals surface area contributed by atoms with Crippen molar-refractivity contribution in [3.63, 3.8) is 0 Å². The van der Waals surface area contributed by atoms with Crippen LogP contribution in [0.3, 0.4) is 0 Å². The molecule has 2 heterocycles. The minimum Gasteiger partial charge on any atom is -0.379 e. The molecule has 1 saturated heterocycles. The summed E-state index contributed by atoms with van der Waals surface area (Å²) in [4.78, 5) is 4.51. The average molecular weight is 237 g/mol. The van der Waals surface area contributed by atoms with E-state index in [1.165, 1.54) is 12.8 Å². The van der Waals surface area contributed by atoms with Crippen LogP contribution in [0.15, 0.2) is 4.52 Å². The Labute approximate surface area is 101 Å². The molecule has 1 saturated carbocycles. The van der Waals surface area contributed by atoms with Gasteiger partial charge in [0.15, 0.2) is 5.82 Å². The number of ether oxygens (including phenoxy) is 1. The van der Waals surface area contributed by atoms with Gasteiger partial charge in [0.25, 0.3) is 0 Å². The van der Waals surface area contributed by atoms with E-state index in [2.05, 4.69) is 22.4 Å². The second-order valence-electron chi connectivity index (χ2n) is 5.00. The Kier molecular flexibility index (Phi) is 3.11. The molecule has 0 bridgehead atoms. The first-order valence-corrected chi connectivity index (χ1v) is 6.50. The van der Waals surface area contributed by atoms with E-state index in [1.807, 2.05) is 0 Å². The summed E-state index contributed by atoms with van der Waals surface area (Å²) in [5.74, 6) is 2.62. The molecule has 3 rings (SSSR count). The molecule has 1 aromatic rings. The first-order chi connectivity index (χ1) is 8.36. The van der Waals surface area contributed by atoms with Gasteiger partial charge in [-0.05, 0) is 25.3 Å². The Morgan fingerprint density at radius 2 is 2.24 bits per heavy atom. The molecular weight excluding hydrogens is 218 g/mol. The summed E-state index contributed by atoms with van der Waals surface area (Å²) < 4.78 is 10.9. The Hall–Kier alpha value is -0.940. The fourth-order valence-electron chi connectivity index (χ4n) is 2.34. The molecular formula is C12H19N3O2. The van der Waals surface area contributed by atoms with Crippen LogP contribution < -0.4 is 5.32 Å². The van der Waals surface area contributed by atoms with Crippen molar-refractivity contribution >= 4 is 0 Å². The molecule has 17 heavy (non-hydrogen) atoms. The zero-order valence-corrected chi connectivity index (χ0v) is 10.2. The molecule has 1 aromatic heterocycles. The molecule has 2 fully saturated rings. The average Bonchev–Trinajstić information content (AvgIpc) is 2.83. The van der Waals surface area contributed by atoms with Crippen LogP contribution in [0.4, 0.5) is 0 Å². The molecule has 1 aliphatic heterocycles. The quantitative estimate of drug-likeness (QED) is 0.831. The molecule has 0 aromatic carbocycles. The SMILES string of the molecule is CCNC1COCC1c1nc(CC2CC2)no1. The van der Waals surface area contributed by atoms with Gasteiger partial charge in [-0.2, -0.15) is 4.98 Å². The molecule has 0 spiro atoms. The van der Waals surface area contributed by atoms with Crippen LogP contribution >= 0.6 is 0 Å². The van der Waals surface area contributed by atoms with Gasteiger partial charge in [0.05, 0.1) is 19.1 Å². The van der Waals surface area contributed by atoms with E-state index >= 15 is 0 Å². The summed E-state index contributed by atoms with van der Waals surface area (Å²) in [7, 11) is 0. The number of likely N-dealkylation sites (N-methyl/N-ethyl adjacent to an activating group) is 1. The number of nitrogens with zero attached hydrogens (tertiary/aromatic N) is 2. The lowest BCUT2D eigenvalue weighted by Gasteiger charge is -2.13. The van der Waals surface area contributed by atoms with Crippen LogP contribution in [0.5, 0.6) is 0 Å². The maximum absolute atomic E-state index is 5.49. The van der Waals surface area contributed by atoms with Gasteiger partial charge in [-0.25, -0.2) is 0 Å². The second kappa shape index (κ2) is 4.74. The van der Waals surface area contributed by atoms with Gasteiger partial charge in [-0.3, -0.25) is 0 Å². The van der Waals surface area contributed by atoms with Gasteiger partial charge in [-0.15, -0.1) is 0 Å². The molecule has 94 valence electrons. The van der Waals surface area contributed by atoms with E-state index in [0.717, 1.165) is 37.2 Å². The summed E-state index contributed by atoms with van der Waals surface area (Å²) in [5.41, 5.74) is 0. The van der Waals surface area contributed by atoms with Crippen LogP contribution in [0.1, 0.15) is 37.4 Å². The first-order valence-electron chi connectivity index (χ1n) is 6.50. The van der Waals surface area contributed by atoms with E-state index in [9.17, 15) is 0 Å². The third kappa shape index (κ3) is 2.50. The number of hydrogen-bond donors (Lipinski definition) is 1. The van der Waals surface area contributed by atoms with Crippen molar-refractivity contribution in [2.45, 2.75) is 38.1 Å². The minimum atomic E-state index is 0.218. The highest BCUT2D eigenvalue weighted by molar-refractivity contribution is 5.03. The summed E-state index contributed by atoms with van der Waals surface area (Å²) in [5, 5.41) is 7.47. The molecule has 1 aliphatic carbocycles. The number of hydrogen-bond acceptors (Lipinski definition) is 5. The van der Waals surface area contributed by atoms with Crippen molar-refractivity contribution in [1.82, 2.24) is 15.5 Å². The zero-order chi connectivity index (χ0) is 11.7. The summed E-state index contributed by atoms with van der Waals surface area (Å²) in [6.45, 7) is 4.46. The molecule has 2 atom stereocenters. The lowest BCUT2D eigenvalue weighted by Crippen LogP contribution is -2.34. The largest absolute Gasteiger partial charge is 0.379 e. The first kappa shape index (κ1) is 11.2. The molecule has 0 radical (unpaired) electrons. The van der Waals surface area contributed by atoms with Gasteiger partial charge in [-0.1, -0.05) is 12.1 Å². The normalized spacial score (nSPS) is 28.8. The Bertz CT molecular complexity index is 376. The van der Waals surface area contributed by atoms with Crippen molar-refractivity contribution in [3.8, 4) is 0 Å². The maximum atomic E-state index is 5.49. The van der Waals surface area contributed by atoms with Crippen LogP contribution in [-0.2, 0) is 11.2 Å². The summed E-state index contributed by atoms with van der Waals surface area (Å²) in [6.07, 6.45) is 3.61.